The van der Waals surface area contributed by atoms with Gasteiger partial charge in [0.15, 0.2) is 0 Å². The summed E-state index contributed by atoms with van der Waals surface area (Å²) in [6, 6.07) is 5.96. The molecule has 1 aromatic rings. The van der Waals surface area contributed by atoms with Crippen molar-refractivity contribution < 1.29 is 33.8 Å². The van der Waals surface area contributed by atoms with Gasteiger partial charge < -0.3 is 31.1 Å². The Labute approximate surface area is 205 Å². The van der Waals surface area contributed by atoms with Crippen molar-refractivity contribution in [3.8, 4) is 0 Å². The molecule has 0 aromatic heterocycles. The monoisotopic (exact) mass is 492 g/mol. The first kappa shape index (κ1) is 29.4. The molecule has 0 bridgehead atoms. The van der Waals surface area contributed by atoms with Gasteiger partial charge in [-0.3, -0.25) is 19.2 Å². The Bertz CT molecular complexity index is 874. The van der Waals surface area contributed by atoms with E-state index in [0.29, 0.717) is 0 Å². The van der Waals surface area contributed by atoms with E-state index >= 15 is 0 Å². The van der Waals surface area contributed by atoms with Crippen molar-refractivity contribution in [2.45, 2.75) is 65.8 Å². The minimum absolute atomic E-state index is 0.0318. The molecule has 194 valence electrons. The quantitative estimate of drug-likeness (QED) is 0.276. The molecule has 0 aliphatic carbocycles. The fourth-order valence-electron chi connectivity index (χ4n) is 3.03. The maximum atomic E-state index is 12.9. The number of aliphatic carboxylic acids is 1. The van der Waals surface area contributed by atoms with Gasteiger partial charge in [-0.2, -0.15) is 0 Å². The number of rotatable bonds is 13. The van der Waals surface area contributed by atoms with Gasteiger partial charge in [-0.25, -0.2) is 4.79 Å². The molecule has 0 saturated carbocycles. The van der Waals surface area contributed by atoms with E-state index in [-0.39, 0.29) is 24.9 Å². The Morgan fingerprint density at radius 2 is 1.51 bits per heavy atom. The standard InChI is InChI=1S/C24H36N4O7/c1-14(2)11-18(21(30)26-16(5)23(32)33)27-22(31)20(15(3)4)28-19(29)12-25-24(34)35-13-17-9-7-6-8-10-17/h6-10,14-16,18,20H,11-13H2,1-5H3,(H,25,34)(H,26,30)(H,27,31)(H,28,29)(H,32,33)/t16-,18-,20-/m0/s1. The third-order valence-electron chi connectivity index (χ3n) is 4.94. The van der Waals surface area contributed by atoms with Crippen molar-refractivity contribution in [3.05, 3.63) is 35.9 Å². The largest absolute Gasteiger partial charge is 0.480 e. The van der Waals surface area contributed by atoms with Crippen LogP contribution in [0.5, 0.6) is 0 Å². The van der Waals surface area contributed by atoms with Gasteiger partial charge in [-0.15, -0.1) is 0 Å². The molecule has 4 amide bonds. The number of hydrogen-bond acceptors (Lipinski definition) is 6. The zero-order chi connectivity index (χ0) is 26.5. The van der Waals surface area contributed by atoms with E-state index in [4.69, 9.17) is 9.84 Å². The highest BCUT2D eigenvalue weighted by molar-refractivity contribution is 5.94. The van der Waals surface area contributed by atoms with E-state index in [1.54, 1.807) is 26.0 Å². The van der Waals surface area contributed by atoms with Crippen LogP contribution in [0.25, 0.3) is 0 Å². The number of hydrogen-bond donors (Lipinski definition) is 5. The van der Waals surface area contributed by atoms with Crippen LogP contribution < -0.4 is 21.3 Å². The Hall–Kier alpha value is -3.63. The summed E-state index contributed by atoms with van der Waals surface area (Å²) < 4.78 is 5.05. The lowest BCUT2D eigenvalue weighted by molar-refractivity contribution is -0.142. The molecule has 11 nitrogen and oxygen atoms in total. The van der Waals surface area contributed by atoms with E-state index in [0.717, 1.165) is 5.56 Å². The van der Waals surface area contributed by atoms with Crippen molar-refractivity contribution in [2.75, 3.05) is 6.54 Å². The van der Waals surface area contributed by atoms with Gasteiger partial charge in [0.2, 0.25) is 17.7 Å². The van der Waals surface area contributed by atoms with Gasteiger partial charge in [0.25, 0.3) is 0 Å². The molecule has 0 fully saturated rings. The molecular formula is C24H36N4O7. The summed E-state index contributed by atoms with van der Waals surface area (Å²) >= 11 is 0. The van der Waals surface area contributed by atoms with Gasteiger partial charge in [0.1, 0.15) is 31.3 Å². The first-order valence-electron chi connectivity index (χ1n) is 11.5. The van der Waals surface area contributed by atoms with Crippen LogP contribution in [0.2, 0.25) is 0 Å². The maximum Gasteiger partial charge on any atom is 0.407 e. The molecule has 0 unspecified atom stereocenters. The lowest BCUT2D eigenvalue weighted by Crippen LogP contribution is -2.57. The van der Waals surface area contributed by atoms with E-state index in [1.165, 1.54) is 6.92 Å². The minimum atomic E-state index is -1.20. The summed E-state index contributed by atoms with van der Waals surface area (Å²) in [5.41, 5.74) is 0.793. The van der Waals surface area contributed by atoms with Gasteiger partial charge in [-0.1, -0.05) is 58.0 Å². The summed E-state index contributed by atoms with van der Waals surface area (Å²) in [5.74, 6) is -3.33. The van der Waals surface area contributed by atoms with Gasteiger partial charge in [-0.05, 0) is 30.7 Å². The zero-order valence-electron chi connectivity index (χ0n) is 20.8. The average molecular weight is 493 g/mol. The van der Waals surface area contributed by atoms with Crippen LogP contribution in [-0.2, 0) is 30.5 Å². The highest BCUT2D eigenvalue weighted by atomic mass is 16.5. The average Bonchev–Trinajstić information content (AvgIpc) is 2.79. The Kier molecular flexibility index (Phi) is 12.3. The second-order valence-electron chi connectivity index (χ2n) is 8.96. The second kappa shape index (κ2) is 14.6. The third-order valence-corrected chi connectivity index (χ3v) is 4.94. The zero-order valence-corrected chi connectivity index (χ0v) is 20.8. The van der Waals surface area contributed by atoms with Gasteiger partial charge in [0, 0.05) is 0 Å². The highest BCUT2D eigenvalue weighted by Gasteiger charge is 2.30. The molecule has 1 rings (SSSR count). The van der Waals surface area contributed by atoms with E-state index < -0.39 is 54.5 Å². The predicted octanol–water partition coefficient (Wildman–Crippen LogP) is 1.17. The van der Waals surface area contributed by atoms with E-state index in [2.05, 4.69) is 21.3 Å². The molecule has 1 aromatic carbocycles. The highest BCUT2D eigenvalue weighted by Crippen LogP contribution is 2.08. The smallest absolute Gasteiger partial charge is 0.407 e. The number of benzene rings is 1. The van der Waals surface area contributed by atoms with Gasteiger partial charge >= 0.3 is 12.1 Å². The van der Waals surface area contributed by atoms with Crippen LogP contribution in [-0.4, -0.2) is 59.6 Å². The van der Waals surface area contributed by atoms with Crippen LogP contribution in [0.15, 0.2) is 30.3 Å². The van der Waals surface area contributed by atoms with Crippen LogP contribution >= 0.6 is 0 Å². The number of amides is 4. The fourth-order valence-corrected chi connectivity index (χ4v) is 3.03. The Balaban J connectivity index is 2.66. The van der Waals surface area contributed by atoms with Crippen molar-refractivity contribution >= 4 is 29.8 Å². The summed E-state index contributed by atoms with van der Waals surface area (Å²) in [5, 5.41) is 18.9. The second-order valence-corrected chi connectivity index (χ2v) is 8.96. The maximum absolute atomic E-state index is 12.9. The van der Waals surface area contributed by atoms with Crippen LogP contribution in [0.3, 0.4) is 0 Å². The Morgan fingerprint density at radius 1 is 0.886 bits per heavy atom. The summed E-state index contributed by atoms with van der Waals surface area (Å²) in [4.78, 5) is 60.7. The van der Waals surface area contributed by atoms with Crippen LogP contribution in [0.4, 0.5) is 4.79 Å². The van der Waals surface area contributed by atoms with E-state index in [1.807, 2.05) is 32.0 Å². The van der Waals surface area contributed by atoms with Crippen molar-refractivity contribution in [1.29, 1.82) is 0 Å². The number of ether oxygens (including phenoxy) is 1. The molecule has 0 radical (unpaired) electrons. The minimum Gasteiger partial charge on any atom is -0.480 e. The molecule has 0 aliphatic rings. The molecule has 0 spiro atoms. The molecule has 3 atom stereocenters. The Morgan fingerprint density at radius 3 is 2.06 bits per heavy atom. The number of carboxylic acid groups (broad SMARTS) is 1. The summed E-state index contributed by atoms with van der Waals surface area (Å²) in [6.07, 6.45) is -0.506. The molecule has 0 aliphatic heterocycles. The third kappa shape index (κ3) is 11.4. The lowest BCUT2D eigenvalue weighted by Gasteiger charge is -2.26. The SMILES string of the molecule is CC(C)C[C@H](NC(=O)[C@@H](NC(=O)CNC(=O)OCc1ccccc1)C(C)C)C(=O)N[C@@H](C)C(=O)O. The fraction of sp³-hybridized carbons (Fsp3) is 0.542. The van der Waals surface area contributed by atoms with E-state index in [9.17, 15) is 24.0 Å². The number of carbonyl (C=O) groups is 5. The molecule has 11 heteroatoms. The number of carboxylic acids is 1. The van der Waals surface area contributed by atoms with Crippen molar-refractivity contribution in [3.63, 3.8) is 0 Å². The summed E-state index contributed by atoms with van der Waals surface area (Å²) in [6.45, 7) is 8.12. The first-order chi connectivity index (χ1) is 16.4. The van der Waals surface area contributed by atoms with Crippen molar-refractivity contribution in [2.24, 2.45) is 11.8 Å². The topological polar surface area (TPSA) is 163 Å². The molecule has 0 saturated heterocycles. The normalized spacial score (nSPS) is 13.3. The number of alkyl carbamates (subject to hydrolysis) is 1. The van der Waals surface area contributed by atoms with Crippen molar-refractivity contribution in [1.82, 2.24) is 21.3 Å². The summed E-state index contributed by atoms with van der Waals surface area (Å²) in [7, 11) is 0. The molecule has 5 N–H and O–H groups in total. The predicted molar refractivity (Wildman–Crippen MR) is 128 cm³/mol. The number of carbonyl (C=O) groups excluding carboxylic acids is 4. The first-order valence-corrected chi connectivity index (χ1v) is 11.5. The molecule has 35 heavy (non-hydrogen) atoms. The van der Waals surface area contributed by atoms with Gasteiger partial charge in [0.05, 0.1) is 0 Å². The van der Waals surface area contributed by atoms with Crippen LogP contribution in [0, 0.1) is 11.8 Å². The molecule has 0 heterocycles. The number of nitrogens with one attached hydrogen (secondary N) is 4. The van der Waals surface area contributed by atoms with Crippen LogP contribution in [0.1, 0.15) is 46.6 Å². The molecular weight excluding hydrogens is 456 g/mol. The lowest BCUT2D eigenvalue weighted by atomic mass is 9.99.